The van der Waals surface area contributed by atoms with Crippen molar-refractivity contribution in [3.05, 3.63) is 71.0 Å². The number of amides is 1. The summed E-state index contributed by atoms with van der Waals surface area (Å²) in [5, 5.41) is 17.0. The minimum absolute atomic E-state index is 0.147. The highest BCUT2D eigenvalue weighted by molar-refractivity contribution is 5.96. The van der Waals surface area contributed by atoms with Crippen LogP contribution >= 0.6 is 0 Å². The van der Waals surface area contributed by atoms with Gasteiger partial charge in [0.15, 0.2) is 5.82 Å². The Balaban J connectivity index is 1.83. The van der Waals surface area contributed by atoms with Crippen LogP contribution in [-0.2, 0) is 11.2 Å². The maximum atomic E-state index is 12.8. The van der Waals surface area contributed by atoms with Crippen LogP contribution in [0.2, 0.25) is 0 Å². The van der Waals surface area contributed by atoms with E-state index in [0.29, 0.717) is 12.2 Å². The van der Waals surface area contributed by atoms with E-state index in [1.807, 2.05) is 62.4 Å². The monoisotopic (exact) mass is 321 g/mol. The first-order valence-corrected chi connectivity index (χ1v) is 7.79. The lowest BCUT2D eigenvalue weighted by molar-refractivity contribution is -0.117. The standard InChI is InChI=1S/C18H19N5O/c1-12-7-9-14(10-8-12)11-15(17-20-22-23-21-17)18(24)19-16-6-4-3-5-13(16)2/h3-10,15H,11H2,1-2H3,(H,19,24)(H,20,21,22,23). The number of nitrogens with one attached hydrogen (secondary N) is 2. The summed E-state index contributed by atoms with van der Waals surface area (Å²) in [6.07, 6.45) is 0.511. The van der Waals surface area contributed by atoms with E-state index in [9.17, 15) is 4.79 Å². The van der Waals surface area contributed by atoms with Crippen LogP contribution in [0.25, 0.3) is 0 Å². The molecule has 0 saturated carbocycles. The second-order valence-corrected chi connectivity index (χ2v) is 5.82. The summed E-state index contributed by atoms with van der Waals surface area (Å²) in [7, 11) is 0. The average Bonchev–Trinajstić information content (AvgIpc) is 3.10. The van der Waals surface area contributed by atoms with Crippen molar-refractivity contribution in [2.45, 2.75) is 26.2 Å². The van der Waals surface area contributed by atoms with E-state index in [2.05, 4.69) is 25.9 Å². The maximum absolute atomic E-state index is 12.8. The Hall–Kier alpha value is -3.02. The van der Waals surface area contributed by atoms with Gasteiger partial charge in [-0.2, -0.15) is 5.21 Å². The molecule has 2 N–H and O–H groups in total. The number of carbonyl (C=O) groups is 1. The first kappa shape index (κ1) is 15.9. The Morgan fingerprint density at radius 2 is 1.88 bits per heavy atom. The molecule has 1 unspecified atom stereocenters. The molecule has 0 aliphatic carbocycles. The van der Waals surface area contributed by atoms with Gasteiger partial charge in [-0.3, -0.25) is 4.79 Å². The summed E-state index contributed by atoms with van der Waals surface area (Å²) in [5.41, 5.74) is 4.03. The molecule has 1 aromatic heterocycles. The van der Waals surface area contributed by atoms with Crippen molar-refractivity contribution in [2.75, 3.05) is 5.32 Å². The van der Waals surface area contributed by atoms with Gasteiger partial charge in [0.2, 0.25) is 5.91 Å². The number of H-pyrrole nitrogens is 1. The maximum Gasteiger partial charge on any atom is 0.235 e. The van der Waals surface area contributed by atoms with Crippen molar-refractivity contribution in [3.63, 3.8) is 0 Å². The van der Waals surface area contributed by atoms with Crippen molar-refractivity contribution in [1.82, 2.24) is 20.6 Å². The molecular formula is C18H19N5O. The number of carbonyl (C=O) groups excluding carboxylic acids is 1. The Kier molecular flexibility index (Phi) is 4.65. The highest BCUT2D eigenvalue weighted by Crippen LogP contribution is 2.21. The van der Waals surface area contributed by atoms with Crippen LogP contribution in [0.3, 0.4) is 0 Å². The number of aryl methyl sites for hydroxylation is 2. The van der Waals surface area contributed by atoms with Gasteiger partial charge in [-0.05, 0) is 37.5 Å². The molecule has 6 heteroatoms. The minimum Gasteiger partial charge on any atom is -0.325 e. The molecular weight excluding hydrogens is 302 g/mol. The van der Waals surface area contributed by atoms with Crippen molar-refractivity contribution < 1.29 is 4.79 Å². The van der Waals surface area contributed by atoms with Crippen molar-refractivity contribution in [2.24, 2.45) is 0 Å². The minimum atomic E-state index is -0.508. The number of tetrazole rings is 1. The summed E-state index contributed by atoms with van der Waals surface area (Å²) in [6.45, 7) is 3.99. The van der Waals surface area contributed by atoms with Crippen LogP contribution in [-0.4, -0.2) is 26.5 Å². The third-order valence-corrected chi connectivity index (χ3v) is 3.95. The average molecular weight is 321 g/mol. The van der Waals surface area contributed by atoms with E-state index in [-0.39, 0.29) is 5.91 Å². The zero-order chi connectivity index (χ0) is 16.9. The van der Waals surface area contributed by atoms with E-state index in [0.717, 1.165) is 16.8 Å². The molecule has 0 saturated heterocycles. The molecule has 1 amide bonds. The quantitative estimate of drug-likeness (QED) is 0.757. The summed E-state index contributed by atoms with van der Waals surface area (Å²) in [5.74, 6) is -0.265. The van der Waals surface area contributed by atoms with Gasteiger partial charge in [0, 0.05) is 5.69 Å². The largest absolute Gasteiger partial charge is 0.325 e. The third kappa shape index (κ3) is 3.65. The number of aromatic nitrogens is 4. The smallest absolute Gasteiger partial charge is 0.235 e. The molecule has 1 atom stereocenters. The van der Waals surface area contributed by atoms with Gasteiger partial charge >= 0.3 is 0 Å². The summed E-state index contributed by atoms with van der Waals surface area (Å²) in [4.78, 5) is 12.8. The number of aromatic amines is 1. The molecule has 1 heterocycles. The van der Waals surface area contributed by atoms with Crippen LogP contribution in [0.15, 0.2) is 48.5 Å². The Morgan fingerprint density at radius 3 is 2.54 bits per heavy atom. The molecule has 6 nitrogen and oxygen atoms in total. The molecule has 2 aromatic carbocycles. The molecule has 0 fully saturated rings. The number of benzene rings is 2. The predicted octanol–water partition coefficient (Wildman–Crippen LogP) is 2.78. The zero-order valence-electron chi connectivity index (χ0n) is 13.7. The summed E-state index contributed by atoms with van der Waals surface area (Å²) < 4.78 is 0. The molecule has 0 aliphatic rings. The normalized spacial score (nSPS) is 11.9. The number of hydrogen-bond acceptors (Lipinski definition) is 4. The fourth-order valence-corrected chi connectivity index (χ4v) is 2.51. The molecule has 0 aliphatic heterocycles. The zero-order valence-corrected chi connectivity index (χ0v) is 13.7. The lowest BCUT2D eigenvalue weighted by Crippen LogP contribution is -2.24. The SMILES string of the molecule is Cc1ccc(CC(C(=O)Nc2ccccc2C)c2nn[nH]n2)cc1. The molecule has 122 valence electrons. The van der Waals surface area contributed by atoms with Gasteiger partial charge in [-0.1, -0.05) is 53.2 Å². The number of para-hydroxylation sites is 1. The van der Waals surface area contributed by atoms with Crippen LogP contribution in [0, 0.1) is 13.8 Å². The fourth-order valence-electron chi connectivity index (χ4n) is 2.51. The lowest BCUT2D eigenvalue weighted by atomic mass is 9.97. The number of anilines is 1. The highest BCUT2D eigenvalue weighted by atomic mass is 16.1. The first-order chi connectivity index (χ1) is 11.6. The Bertz CT molecular complexity index is 812. The predicted molar refractivity (Wildman–Crippen MR) is 91.6 cm³/mol. The second kappa shape index (κ2) is 7.04. The number of rotatable bonds is 5. The molecule has 3 aromatic rings. The van der Waals surface area contributed by atoms with Gasteiger partial charge in [-0.15, -0.1) is 10.2 Å². The van der Waals surface area contributed by atoms with Crippen LogP contribution < -0.4 is 5.32 Å². The number of hydrogen-bond donors (Lipinski definition) is 2. The Labute approximate surface area is 140 Å². The van der Waals surface area contributed by atoms with Crippen molar-refractivity contribution >= 4 is 11.6 Å². The highest BCUT2D eigenvalue weighted by Gasteiger charge is 2.25. The van der Waals surface area contributed by atoms with Crippen molar-refractivity contribution in [3.8, 4) is 0 Å². The van der Waals surface area contributed by atoms with E-state index < -0.39 is 5.92 Å². The molecule has 0 spiro atoms. The second-order valence-electron chi connectivity index (χ2n) is 5.82. The molecule has 0 radical (unpaired) electrons. The van der Waals surface area contributed by atoms with E-state index in [4.69, 9.17) is 0 Å². The van der Waals surface area contributed by atoms with Gasteiger partial charge in [-0.25, -0.2) is 0 Å². The molecule has 24 heavy (non-hydrogen) atoms. The summed E-state index contributed by atoms with van der Waals surface area (Å²) in [6, 6.07) is 15.8. The van der Waals surface area contributed by atoms with Gasteiger partial charge in [0.05, 0.1) is 0 Å². The van der Waals surface area contributed by atoms with E-state index >= 15 is 0 Å². The lowest BCUT2D eigenvalue weighted by Gasteiger charge is -2.15. The topological polar surface area (TPSA) is 83.6 Å². The van der Waals surface area contributed by atoms with Gasteiger partial charge < -0.3 is 5.32 Å². The van der Waals surface area contributed by atoms with Crippen LogP contribution in [0.5, 0.6) is 0 Å². The number of nitrogens with zero attached hydrogens (tertiary/aromatic N) is 3. The molecule has 3 rings (SSSR count). The van der Waals surface area contributed by atoms with Gasteiger partial charge in [0.1, 0.15) is 5.92 Å². The first-order valence-electron chi connectivity index (χ1n) is 7.79. The Morgan fingerprint density at radius 1 is 1.12 bits per heavy atom. The summed E-state index contributed by atoms with van der Waals surface area (Å²) >= 11 is 0. The van der Waals surface area contributed by atoms with Crippen LogP contribution in [0.1, 0.15) is 28.4 Å². The molecule has 0 bridgehead atoms. The van der Waals surface area contributed by atoms with E-state index in [1.165, 1.54) is 5.56 Å². The van der Waals surface area contributed by atoms with E-state index in [1.54, 1.807) is 0 Å². The fraction of sp³-hybridized carbons (Fsp3) is 0.222. The third-order valence-electron chi connectivity index (χ3n) is 3.95. The van der Waals surface area contributed by atoms with Crippen LogP contribution in [0.4, 0.5) is 5.69 Å². The van der Waals surface area contributed by atoms with Gasteiger partial charge in [0.25, 0.3) is 0 Å². The van der Waals surface area contributed by atoms with Crippen molar-refractivity contribution in [1.29, 1.82) is 0 Å².